The number of carbonyl (C=O) groups is 1. The van der Waals surface area contributed by atoms with Crippen LogP contribution in [-0.4, -0.2) is 18.3 Å². The van der Waals surface area contributed by atoms with E-state index in [0.29, 0.717) is 11.6 Å². The molecule has 104 valence electrons. The molecule has 1 aromatic rings. The van der Waals surface area contributed by atoms with Crippen LogP contribution >= 0.6 is 0 Å². The van der Waals surface area contributed by atoms with Gasteiger partial charge in [0, 0.05) is 11.8 Å². The van der Waals surface area contributed by atoms with Crippen molar-refractivity contribution in [2.45, 2.75) is 39.2 Å². The van der Waals surface area contributed by atoms with Crippen molar-refractivity contribution in [2.24, 2.45) is 5.92 Å². The van der Waals surface area contributed by atoms with Crippen LogP contribution in [0.1, 0.15) is 33.6 Å². The summed E-state index contributed by atoms with van der Waals surface area (Å²) in [6.45, 7) is 6.27. The Hall–Kier alpha value is -1.71. The Morgan fingerprint density at radius 1 is 1.37 bits per heavy atom. The van der Waals surface area contributed by atoms with Crippen LogP contribution in [0.15, 0.2) is 24.3 Å². The minimum absolute atomic E-state index is 0.452. The highest BCUT2D eigenvalue weighted by molar-refractivity contribution is 5.85. The Balaban J connectivity index is 1.88. The minimum Gasteiger partial charge on any atom is -0.493 e. The van der Waals surface area contributed by atoms with E-state index in [1.165, 1.54) is 12.8 Å². The van der Waals surface area contributed by atoms with Crippen molar-refractivity contribution < 1.29 is 14.3 Å². The van der Waals surface area contributed by atoms with Gasteiger partial charge in [-0.25, -0.2) is 4.79 Å². The van der Waals surface area contributed by atoms with Crippen LogP contribution in [-0.2, 0) is 4.74 Å². The van der Waals surface area contributed by atoms with Crippen molar-refractivity contribution >= 4 is 11.8 Å². The fourth-order valence-corrected chi connectivity index (χ4v) is 1.58. The third kappa shape index (κ3) is 5.20. The predicted octanol–water partition coefficient (Wildman–Crippen LogP) is 3.82. The number of hydrogen-bond acceptors (Lipinski definition) is 3. The number of amides is 1. The highest BCUT2D eigenvalue weighted by Gasteiger charge is 2.22. The lowest BCUT2D eigenvalue weighted by Crippen LogP contribution is -2.27. The lowest BCUT2D eigenvalue weighted by atomic mass is 10.2. The molecule has 1 N–H and O–H groups in total. The van der Waals surface area contributed by atoms with Crippen LogP contribution in [0, 0.1) is 5.92 Å². The van der Waals surface area contributed by atoms with Crippen molar-refractivity contribution in [2.75, 3.05) is 11.9 Å². The molecule has 1 aliphatic carbocycles. The summed E-state index contributed by atoms with van der Waals surface area (Å²) in [6, 6.07) is 7.37. The van der Waals surface area contributed by atoms with Gasteiger partial charge in [0.05, 0.1) is 6.61 Å². The Labute approximate surface area is 114 Å². The molecule has 2 rings (SSSR count). The molecule has 0 unspecified atom stereocenters. The van der Waals surface area contributed by atoms with Gasteiger partial charge >= 0.3 is 6.09 Å². The van der Waals surface area contributed by atoms with Gasteiger partial charge in [0.25, 0.3) is 0 Å². The van der Waals surface area contributed by atoms with Gasteiger partial charge in [0.1, 0.15) is 11.4 Å². The van der Waals surface area contributed by atoms with Crippen molar-refractivity contribution in [3.63, 3.8) is 0 Å². The first-order valence-electron chi connectivity index (χ1n) is 6.65. The summed E-state index contributed by atoms with van der Waals surface area (Å²) in [5, 5.41) is 2.70. The largest absolute Gasteiger partial charge is 0.493 e. The number of rotatable bonds is 4. The maximum Gasteiger partial charge on any atom is 0.412 e. The van der Waals surface area contributed by atoms with E-state index in [9.17, 15) is 4.79 Å². The topological polar surface area (TPSA) is 47.6 Å². The minimum atomic E-state index is -0.496. The van der Waals surface area contributed by atoms with Gasteiger partial charge in [-0.15, -0.1) is 0 Å². The van der Waals surface area contributed by atoms with Gasteiger partial charge in [0.2, 0.25) is 0 Å². The van der Waals surface area contributed by atoms with E-state index in [2.05, 4.69) is 5.32 Å². The van der Waals surface area contributed by atoms with E-state index in [4.69, 9.17) is 9.47 Å². The SMILES string of the molecule is CC(C)(C)OC(=O)Nc1cccc(OCC2CC2)c1. The number of ether oxygens (including phenoxy) is 2. The van der Waals surface area contributed by atoms with E-state index in [1.54, 1.807) is 0 Å². The third-order valence-electron chi connectivity index (χ3n) is 2.66. The molecule has 1 amide bonds. The smallest absolute Gasteiger partial charge is 0.412 e. The van der Waals surface area contributed by atoms with Crippen LogP contribution in [0.5, 0.6) is 5.75 Å². The van der Waals surface area contributed by atoms with E-state index in [-0.39, 0.29) is 0 Å². The first kappa shape index (κ1) is 13.7. The molecule has 0 heterocycles. The van der Waals surface area contributed by atoms with Crippen LogP contribution in [0.25, 0.3) is 0 Å². The molecular weight excluding hydrogens is 242 g/mol. The summed E-state index contributed by atoms with van der Waals surface area (Å²) < 4.78 is 10.9. The maximum absolute atomic E-state index is 11.6. The number of anilines is 1. The Kier molecular flexibility index (Phi) is 3.98. The summed E-state index contributed by atoms with van der Waals surface area (Å²) in [4.78, 5) is 11.6. The summed E-state index contributed by atoms with van der Waals surface area (Å²) in [6.07, 6.45) is 2.07. The number of hydrogen-bond donors (Lipinski definition) is 1. The fraction of sp³-hybridized carbons (Fsp3) is 0.533. The summed E-state index contributed by atoms with van der Waals surface area (Å²) in [5.41, 5.74) is 0.187. The average Bonchev–Trinajstić information content (AvgIpc) is 3.07. The summed E-state index contributed by atoms with van der Waals surface area (Å²) in [5.74, 6) is 1.49. The zero-order valence-corrected chi connectivity index (χ0v) is 11.7. The normalized spacial score (nSPS) is 14.9. The fourth-order valence-electron chi connectivity index (χ4n) is 1.58. The van der Waals surface area contributed by atoms with Crippen LogP contribution in [0.3, 0.4) is 0 Å². The molecule has 0 spiro atoms. The Morgan fingerprint density at radius 2 is 2.11 bits per heavy atom. The summed E-state index contributed by atoms with van der Waals surface area (Å²) >= 11 is 0. The van der Waals surface area contributed by atoms with Crippen LogP contribution in [0.4, 0.5) is 10.5 Å². The lowest BCUT2D eigenvalue weighted by Gasteiger charge is -2.19. The van der Waals surface area contributed by atoms with Gasteiger partial charge in [0.15, 0.2) is 0 Å². The van der Waals surface area contributed by atoms with Gasteiger partial charge in [-0.05, 0) is 51.7 Å². The van der Waals surface area contributed by atoms with E-state index < -0.39 is 11.7 Å². The molecule has 0 aliphatic heterocycles. The molecule has 0 radical (unpaired) electrons. The highest BCUT2D eigenvalue weighted by atomic mass is 16.6. The molecule has 19 heavy (non-hydrogen) atoms. The molecule has 1 aromatic carbocycles. The number of benzene rings is 1. The Morgan fingerprint density at radius 3 is 2.74 bits per heavy atom. The molecular formula is C15H21NO3. The number of nitrogens with one attached hydrogen (secondary N) is 1. The second kappa shape index (κ2) is 5.51. The van der Waals surface area contributed by atoms with Crippen molar-refractivity contribution in [1.82, 2.24) is 0 Å². The van der Waals surface area contributed by atoms with Crippen LogP contribution in [0.2, 0.25) is 0 Å². The zero-order chi connectivity index (χ0) is 13.9. The standard InChI is InChI=1S/C15H21NO3/c1-15(2,3)19-14(17)16-12-5-4-6-13(9-12)18-10-11-7-8-11/h4-6,9,11H,7-8,10H2,1-3H3,(H,16,17). The molecule has 4 nitrogen and oxygen atoms in total. The maximum atomic E-state index is 11.6. The van der Waals surface area contributed by atoms with E-state index >= 15 is 0 Å². The Bertz CT molecular complexity index is 447. The van der Waals surface area contributed by atoms with Crippen molar-refractivity contribution in [1.29, 1.82) is 0 Å². The molecule has 0 atom stereocenters. The number of carbonyl (C=O) groups excluding carboxylic acids is 1. The van der Waals surface area contributed by atoms with Gasteiger partial charge in [-0.1, -0.05) is 6.07 Å². The predicted molar refractivity (Wildman–Crippen MR) is 74.5 cm³/mol. The molecule has 4 heteroatoms. The van der Waals surface area contributed by atoms with E-state index in [1.807, 2.05) is 45.0 Å². The van der Waals surface area contributed by atoms with E-state index in [0.717, 1.165) is 12.4 Å². The van der Waals surface area contributed by atoms with Gasteiger partial charge in [-0.3, -0.25) is 5.32 Å². The first-order valence-corrected chi connectivity index (χ1v) is 6.65. The average molecular weight is 263 g/mol. The van der Waals surface area contributed by atoms with Gasteiger partial charge < -0.3 is 9.47 Å². The molecule has 0 saturated heterocycles. The monoisotopic (exact) mass is 263 g/mol. The lowest BCUT2D eigenvalue weighted by molar-refractivity contribution is 0.0636. The molecule has 0 aromatic heterocycles. The quantitative estimate of drug-likeness (QED) is 0.898. The third-order valence-corrected chi connectivity index (χ3v) is 2.66. The van der Waals surface area contributed by atoms with Crippen molar-refractivity contribution in [3.05, 3.63) is 24.3 Å². The van der Waals surface area contributed by atoms with Gasteiger partial charge in [-0.2, -0.15) is 0 Å². The second-order valence-electron chi connectivity index (χ2n) is 5.91. The molecule has 1 saturated carbocycles. The molecule has 1 aliphatic rings. The highest BCUT2D eigenvalue weighted by Crippen LogP contribution is 2.30. The molecule has 1 fully saturated rings. The zero-order valence-electron chi connectivity index (χ0n) is 11.7. The second-order valence-corrected chi connectivity index (χ2v) is 5.91. The summed E-state index contributed by atoms with van der Waals surface area (Å²) in [7, 11) is 0. The van der Waals surface area contributed by atoms with Crippen LogP contribution < -0.4 is 10.1 Å². The molecule has 0 bridgehead atoms. The van der Waals surface area contributed by atoms with Crippen molar-refractivity contribution in [3.8, 4) is 5.75 Å². The first-order chi connectivity index (χ1) is 8.92.